The van der Waals surface area contributed by atoms with Gasteiger partial charge in [-0.3, -0.25) is 4.79 Å². The molecule has 0 radical (unpaired) electrons. The molecular formula is C14H18N2O2S. The standard InChI is InChI=1S/C14H18N2O2S/c17-13(12-8-15-10-16-9-12)11-1-4-18-14(7-11)2-5-19-6-3-14/h8-11H,1-7H2. The lowest BCUT2D eigenvalue weighted by atomic mass is 9.79. The summed E-state index contributed by atoms with van der Waals surface area (Å²) in [5.41, 5.74) is 0.592. The zero-order chi connectivity index (χ0) is 13.1. The summed E-state index contributed by atoms with van der Waals surface area (Å²) in [6, 6.07) is 0. The Kier molecular flexibility index (Phi) is 3.84. The van der Waals surface area contributed by atoms with Crippen LogP contribution in [-0.4, -0.2) is 39.5 Å². The van der Waals surface area contributed by atoms with Crippen molar-refractivity contribution >= 4 is 17.5 Å². The molecule has 19 heavy (non-hydrogen) atoms. The molecule has 1 atom stereocenters. The first-order chi connectivity index (χ1) is 9.29. The second kappa shape index (κ2) is 5.59. The molecule has 4 nitrogen and oxygen atoms in total. The lowest BCUT2D eigenvalue weighted by Crippen LogP contribution is -2.44. The first-order valence-corrected chi connectivity index (χ1v) is 7.95. The molecule has 2 fully saturated rings. The van der Waals surface area contributed by atoms with Crippen molar-refractivity contribution in [1.82, 2.24) is 9.97 Å². The Morgan fingerprint density at radius 1 is 1.32 bits per heavy atom. The van der Waals surface area contributed by atoms with Crippen molar-refractivity contribution < 1.29 is 9.53 Å². The Morgan fingerprint density at radius 3 is 2.79 bits per heavy atom. The molecule has 0 aromatic carbocycles. The summed E-state index contributed by atoms with van der Waals surface area (Å²) in [7, 11) is 0. The maximum absolute atomic E-state index is 12.5. The third-order valence-electron chi connectivity index (χ3n) is 4.11. The maximum Gasteiger partial charge on any atom is 0.169 e. The van der Waals surface area contributed by atoms with E-state index in [0.29, 0.717) is 12.2 Å². The van der Waals surface area contributed by atoms with E-state index < -0.39 is 0 Å². The van der Waals surface area contributed by atoms with Gasteiger partial charge in [0.2, 0.25) is 0 Å². The van der Waals surface area contributed by atoms with E-state index in [1.54, 1.807) is 12.4 Å². The van der Waals surface area contributed by atoms with Crippen molar-refractivity contribution in [3.05, 3.63) is 24.3 Å². The van der Waals surface area contributed by atoms with Crippen LogP contribution in [0.2, 0.25) is 0 Å². The normalized spacial score (nSPS) is 26.2. The molecule has 102 valence electrons. The molecule has 0 bridgehead atoms. The molecule has 1 aromatic rings. The van der Waals surface area contributed by atoms with Gasteiger partial charge in [-0.2, -0.15) is 11.8 Å². The molecule has 0 N–H and O–H groups in total. The van der Waals surface area contributed by atoms with E-state index >= 15 is 0 Å². The van der Waals surface area contributed by atoms with Crippen LogP contribution in [0, 0.1) is 5.92 Å². The summed E-state index contributed by atoms with van der Waals surface area (Å²) in [5, 5.41) is 0. The highest BCUT2D eigenvalue weighted by molar-refractivity contribution is 7.99. The van der Waals surface area contributed by atoms with E-state index in [4.69, 9.17) is 4.74 Å². The number of ketones is 1. The topological polar surface area (TPSA) is 52.1 Å². The number of thioether (sulfide) groups is 1. The summed E-state index contributed by atoms with van der Waals surface area (Å²) < 4.78 is 6.03. The predicted octanol–water partition coefficient (Wildman–Crippen LogP) is 2.35. The van der Waals surface area contributed by atoms with E-state index in [9.17, 15) is 4.79 Å². The summed E-state index contributed by atoms with van der Waals surface area (Å²) in [6.45, 7) is 0.703. The first-order valence-electron chi connectivity index (χ1n) is 6.80. The predicted molar refractivity (Wildman–Crippen MR) is 74.3 cm³/mol. The SMILES string of the molecule is O=C(c1cncnc1)C1CCOC2(CCSCC2)C1. The molecule has 1 aromatic heterocycles. The largest absolute Gasteiger partial charge is 0.375 e. The third kappa shape index (κ3) is 2.82. The molecule has 1 spiro atoms. The van der Waals surface area contributed by atoms with Gasteiger partial charge in [-0.05, 0) is 37.2 Å². The minimum Gasteiger partial charge on any atom is -0.375 e. The van der Waals surface area contributed by atoms with Gasteiger partial charge in [0.1, 0.15) is 6.33 Å². The average Bonchev–Trinajstić information content (AvgIpc) is 2.48. The molecule has 3 heterocycles. The fraction of sp³-hybridized carbons (Fsp3) is 0.643. The Hall–Kier alpha value is -0.940. The second-order valence-electron chi connectivity index (χ2n) is 5.32. The third-order valence-corrected chi connectivity index (χ3v) is 5.10. The van der Waals surface area contributed by atoms with Gasteiger partial charge in [0.15, 0.2) is 5.78 Å². The lowest BCUT2D eigenvalue weighted by Gasteiger charge is -2.42. The van der Waals surface area contributed by atoms with Crippen LogP contribution >= 0.6 is 11.8 Å². The Balaban J connectivity index is 1.73. The number of rotatable bonds is 2. The molecular weight excluding hydrogens is 260 g/mol. The fourth-order valence-corrected chi connectivity index (χ4v) is 4.24. The highest BCUT2D eigenvalue weighted by Crippen LogP contribution is 2.40. The van der Waals surface area contributed by atoms with Gasteiger partial charge < -0.3 is 4.74 Å². The minimum atomic E-state index is -0.0422. The molecule has 0 aliphatic carbocycles. The maximum atomic E-state index is 12.5. The second-order valence-corrected chi connectivity index (χ2v) is 6.55. The van der Waals surface area contributed by atoms with Crippen molar-refractivity contribution in [2.75, 3.05) is 18.1 Å². The number of carbonyl (C=O) groups excluding carboxylic acids is 1. The summed E-state index contributed by atoms with van der Waals surface area (Å²) in [6.07, 6.45) is 8.53. The monoisotopic (exact) mass is 278 g/mol. The van der Waals surface area contributed by atoms with Crippen LogP contribution in [0.4, 0.5) is 0 Å². The molecule has 0 saturated carbocycles. The van der Waals surface area contributed by atoms with E-state index in [-0.39, 0.29) is 17.3 Å². The van der Waals surface area contributed by atoms with Gasteiger partial charge in [0.25, 0.3) is 0 Å². The number of hydrogen-bond acceptors (Lipinski definition) is 5. The Bertz CT molecular complexity index is 441. The van der Waals surface area contributed by atoms with Gasteiger partial charge >= 0.3 is 0 Å². The van der Waals surface area contributed by atoms with Crippen molar-refractivity contribution in [3.8, 4) is 0 Å². The molecule has 0 amide bonds. The van der Waals surface area contributed by atoms with Crippen LogP contribution < -0.4 is 0 Å². The number of carbonyl (C=O) groups is 1. The molecule has 2 aliphatic heterocycles. The van der Waals surface area contributed by atoms with Crippen molar-refractivity contribution in [2.45, 2.75) is 31.3 Å². The van der Waals surface area contributed by atoms with Crippen LogP contribution in [0.3, 0.4) is 0 Å². The highest BCUT2D eigenvalue weighted by atomic mass is 32.2. The highest BCUT2D eigenvalue weighted by Gasteiger charge is 2.41. The van der Waals surface area contributed by atoms with Gasteiger partial charge in [-0.1, -0.05) is 0 Å². The Labute approximate surface area is 117 Å². The zero-order valence-electron chi connectivity index (χ0n) is 10.9. The van der Waals surface area contributed by atoms with Crippen LogP contribution in [-0.2, 0) is 4.74 Å². The number of ether oxygens (including phenoxy) is 1. The van der Waals surface area contributed by atoms with Crippen molar-refractivity contribution in [1.29, 1.82) is 0 Å². The summed E-state index contributed by atoms with van der Waals surface area (Å²) in [5.74, 6) is 2.55. The van der Waals surface area contributed by atoms with Gasteiger partial charge in [0, 0.05) is 24.9 Å². The van der Waals surface area contributed by atoms with Crippen LogP contribution in [0.15, 0.2) is 18.7 Å². The van der Waals surface area contributed by atoms with Gasteiger partial charge in [-0.25, -0.2) is 9.97 Å². The van der Waals surface area contributed by atoms with Crippen LogP contribution in [0.5, 0.6) is 0 Å². The van der Waals surface area contributed by atoms with Crippen molar-refractivity contribution in [2.24, 2.45) is 5.92 Å². The number of hydrogen-bond donors (Lipinski definition) is 0. The van der Waals surface area contributed by atoms with Crippen molar-refractivity contribution in [3.63, 3.8) is 0 Å². The molecule has 1 unspecified atom stereocenters. The summed E-state index contributed by atoms with van der Waals surface area (Å²) in [4.78, 5) is 20.4. The molecule has 5 heteroatoms. The lowest BCUT2D eigenvalue weighted by molar-refractivity contribution is -0.0959. The van der Waals surface area contributed by atoms with E-state index in [2.05, 4.69) is 9.97 Å². The van der Waals surface area contributed by atoms with Gasteiger partial charge in [0.05, 0.1) is 11.2 Å². The van der Waals surface area contributed by atoms with Crippen LogP contribution in [0.25, 0.3) is 0 Å². The van der Waals surface area contributed by atoms with E-state index in [1.165, 1.54) is 6.33 Å². The van der Waals surface area contributed by atoms with E-state index in [0.717, 1.165) is 37.2 Å². The van der Waals surface area contributed by atoms with E-state index in [1.807, 2.05) is 11.8 Å². The Morgan fingerprint density at radius 2 is 2.05 bits per heavy atom. The molecule has 3 rings (SSSR count). The number of nitrogens with zero attached hydrogens (tertiary/aromatic N) is 2. The smallest absolute Gasteiger partial charge is 0.169 e. The average molecular weight is 278 g/mol. The first kappa shape index (κ1) is 13.1. The number of Topliss-reactive ketones (excluding diaryl/α,β-unsaturated/α-hetero) is 1. The zero-order valence-corrected chi connectivity index (χ0v) is 11.7. The molecule has 2 aliphatic rings. The quantitative estimate of drug-likeness (QED) is 0.777. The summed E-state index contributed by atoms with van der Waals surface area (Å²) >= 11 is 1.98. The molecule has 2 saturated heterocycles. The fourth-order valence-electron chi connectivity index (χ4n) is 3.01. The van der Waals surface area contributed by atoms with Crippen LogP contribution in [0.1, 0.15) is 36.0 Å². The number of aromatic nitrogens is 2. The minimum absolute atomic E-state index is 0.0422. The van der Waals surface area contributed by atoms with Gasteiger partial charge in [-0.15, -0.1) is 0 Å².